The molecule has 0 heterocycles. The minimum absolute atomic E-state index is 0.0615. The molecular weight excluding hydrogens is 212 g/mol. The molecule has 1 aromatic rings. The lowest BCUT2D eigenvalue weighted by Crippen LogP contribution is -1.99. The third-order valence-electron chi connectivity index (χ3n) is 2.06. The number of aliphatic hydroxyl groups is 1. The number of hydrogen-bond acceptors (Lipinski definition) is 4. The molecule has 0 aliphatic carbocycles. The highest BCUT2D eigenvalue weighted by Crippen LogP contribution is 2.24. The number of aliphatic hydroxyl groups excluding tert-OH is 1. The Bertz CT molecular complexity index is 429. The number of rotatable bonds is 5. The first kappa shape index (κ1) is 12.0. The summed E-state index contributed by atoms with van der Waals surface area (Å²) >= 11 is 0. The van der Waals surface area contributed by atoms with E-state index in [1.165, 1.54) is 18.2 Å². The van der Waals surface area contributed by atoms with Gasteiger partial charge in [-0.25, -0.2) is 0 Å². The molecule has 1 atom stereocenters. The fraction of sp³-hybridized carbons (Fsp3) is 0.333. The van der Waals surface area contributed by atoms with Crippen LogP contribution in [0, 0.1) is 10.1 Å². The molecule has 7 heteroatoms. The molecule has 0 fully saturated rings. The molecule has 0 aliphatic heterocycles. The van der Waals surface area contributed by atoms with Crippen LogP contribution in [0.2, 0.25) is 0 Å². The van der Waals surface area contributed by atoms with E-state index >= 15 is 0 Å². The maximum absolute atomic E-state index is 10.5. The van der Waals surface area contributed by atoms with E-state index < -0.39 is 11.0 Å². The Hall–Kier alpha value is -2.11. The maximum atomic E-state index is 10.5. The van der Waals surface area contributed by atoms with Gasteiger partial charge in [-0.05, 0) is 17.5 Å². The van der Waals surface area contributed by atoms with Crippen molar-refractivity contribution in [3.05, 3.63) is 50.4 Å². The van der Waals surface area contributed by atoms with Crippen molar-refractivity contribution in [2.24, 2.45) is 5.11 Å². The van der Waals surface area contributed by atoms with Crippen molar-refractivity contribution < 1.29 is 10.0 Å². The SMILES string of the molecule is [N-]=[N+]=NC(CCO)c1cccc([N+](=O)[O-])c1. The van der Waals surface area contributed by atoms with Gasteiger partial charge in [-0.15, -0.1) is 0 Å². The van der Waals surface area contributed by atoms with E-state index in [0.29, 0.717) is 5.56 Å². The average molecular weight is 222 g/mol. The monoisotopic (exact) mass is 222 g/mol. The molecule has 0 bridgehead atoms. The molecule has 1 unspecified atom stereocenters. The topological polar surface area (TPSA) is 112 Å². The predicted molar refractivity (Wildman–Crippen MR) is 56.7 cm³/mol. The summed E-state index contributed by atoms with van der Waals surface area (Å²) in [6, 6.07) is 5.27. The van der Waals surface area contributed by atoms with Gasteiger partial charge in [0.1, 0.15) is 0 Å². The zero-order valence-corrected chi connectivity index (χ0v) is 8.35. The number of nitrogens with zero attached hydrogens (tertiary/aromatic N) is 4. The van der Waals surface area contributed by atoms with Gasteiger partial charge in [0.25, 0.3) is 5.69 Å². The van der Waals surface area contributed by atoms with Crippen molar-refractivity contribution in [3.63, 3.8) is 0 Å². The number of azide groups is 1. The smallest absolute Gasteiger partial charge is 0.269 e. The average Bonchev–Trinajstić information content (AvgIpc) is 2.29. The van der Waals surface area contributed by atoms with Crippen LogP contribution in [0.3, 0.4) is 0 Å². The Labute approximate surface area is 91.1 Å². The first-order valence-corrected chi connectivity index (χ1v) is 4.58. The van der Waals surface area contributed by atoms with E-state index in [1.54, 1.807) is 6.07 Å². The Morgan fingerprint density at radius 1 is 1.62 bits per heavy atom. The van der Waals surface area contributed by atoms with E-state index in [4.69, 9.17) is 10.6 Å². The van der Waals surface area contributed by atoms with Gasteiger partial charge < -0.3 is 5.11 Å². The summed E-state index contributed by atoms with van der Waals surface area (Å²) in [7, 11) is 0. The highest BCUT2D eigenvalue weighted by molar-refractivity contribution is 5.35. The Morgan fingerprint density at radius 2 is 2.38 bits per heavy atom. The largest absolute Gasteiger partial charge is 0.396 e. The molecule has 1 N–H and O–H groups in total. The van der Waals surface area contributed by atoms with Crippen LogP contribution in [0.25, 0.3) is 10.4 Å². The van der Waals surface area contributed by atoms with Crippen LogP contribution >= 0.6 is 0 Å². The maximum Gasteiger partial charge on any atom is 0.269 e. The van der Waals surface area contributed by atoms with Gasteiger partial charge >= 0.3 is 0 Å². The van der Waals surface area contributed by atoms with Gasteiger partial charge in [-0.1, -0.05) is 17.2 Å². The quantitative estimate of drug-likeness (QED) is 0.271. The van der Waals surface area contributed by atoms with E-state index in [-0.39, 0.29) is 18.7 Å². The molecule has 0 spiro atoms. The number of hydrogen-bond donors (Lipinski definition) is 1. The lowest BCUT2D eigenvalue weighted by atomic mass is 10.0. The lowest BCUT2D eigenvalue weighted by molar-refractivity contribution is -0.384. The van der Waals surface area contributed by atoms with Crippen molar-refractivity contribution in [2.75, 3.05) is 6.61 Å². The van der Waals surface area contributed by atoms with Crippen LogP contribution in [0.1, 0.15) is 18.0 Å². The van der Waals surface area contributed by atoms with Crippen LogP contribution in [-0.4, -0.2) is 16.6 Å². The minimum atomic E-state index is -0.574. The second-order valence-electron chi connectivity index (χ2n) is 3.09. The standard InChI is InChI=1S/C9H10N4O3/c10-12-11-9(4-5-14)7-2-1-3-8(6-7)13(15)16/h1-3,6,9,14H,4-5H2. The molecular formula is C9H10N4O3. The summed E-state index contributed by atoms with van der Waals surface area (Å²) in [5, 5.41) is 22.8. The summed E-state index contributed by atoms with van der Waals surface area (Å²) in [5.41, 5.74) is 8.81. The van der Waals surface area contributed by atoms with Gasteiger partial charge in [0, 0.05) is 23.7 Å². The summed E-state index contributed by atoms with van der Waals surface area (Å²) in [6.45, 7) is -0.146. The number of benzene rings is 1. The Balaban J connectivity index is 3.04. The molecule has 1 rings (SSSR count). The first-order chi connectivity index (χ1) is 7.69. The highest BCUT2D eigenvalue weighted by Gasteiger charge is 2.12. The minimum Gasteiger partial charge on any atom is -0.396 e. The van der Waals surface area contributed by atoms with E-state index in [2.05, 4.69) is 10.0 Å². The molecule has 84 valence electrons. The highest BCUT2D eigenvalue weighted by atomic mass is 16.6. The molecule has 0 saturated heterocycles. The molecule has 16 heavy (non-hydrogen) atoms. The summed E-state index contributed by atoms with van der Waals surface area (Å²) in [4.78, 5) is 12.7. The van der Waals surface area contributed by atoms with E-state index in [1.807, 2.05) is 0 Å². The molecule has 0 saturated carbocycles. The van der Waals surface area contributed by atoms with Crippen molar-refractivity contribution >= 4 is 5.69 Å². The van der Waals surface area contributed by atoms with Crippen LogP contribution in [-0.2, 0) is 0 Å². The summed E-state index contributed by atoms with van der Waals surface area (Å²) < 4.78 is 0. The fourth-order valence-electron chi connectivity index (χ4n) is 1.32. The van der Waals surface area contributed by atoms with Crippen LogP contribution in [0.15, 0.2) is 29.4 Å². The number of nitro benzene ring substituents is 1. The molecule has 0 aliphatic rings. The molecule has 7 nitrogen and oxygen atoms in total. The van der Waals surface area contributed by atoms with Gasteiger partial charge in [0.15, 0.2) is 0 Å². The van der Waals surface area contributed by atoms with Crippen LogP contribution in [0.4, 0.5) is 5.69 Å². The zero-order chi connectivity index (χ0) is 12.0. The van der Waals surface area contributed by atoms with Gasteiger partial charge in [-0.3, -0.25) is 10.1 Å². The number of non-ortho nitro benzene ring substituents is 1. The fourth-order valence-corrected chi connectivity index (χ4v) is 1.32. The Morgan fingerprint density at radius 3 is 2.94 bits per heavy atom. The third kappa shape index (κ3) is 2.94. The third-order valence-corrected chi connectivity index (χ3v) is 2.06. The van der Waals surface area contributed by atoms with Crippen LogP contribution in [0.5, 0.6) is 0 Å². The van der Waals surface area contributed by atoms with Gasteiger partial charge in [-0.2, -0.15) is 0 Å². The van der Waals surface area contributed by atoms with Crippen molar-refractivity contribution in [1.29, 1.82) is 0 Å². The molecule has 0 aromatic heterocycles. The lowest BCUT2D eigenvalue weighted by Gasteiger charge is -2.08. The normalized spacial score (nSPS) is 11.6. The van der Waals surface area contributed by atoms with Crippen LogP contribution < -0.4 is 0 Å². The van der Waals surface area contributed by atoms with Crippen molar-refractivity contribution in [1.82, 2.24) is 0 Å². The van der Waals surface area contributed by atoms with Gasteiger partial charge in [0.05, 0.1) is 11.0 Å². The molecule has 1 aromatic carbocycles. The molecule has 0 radical (unpaired) electrons. The van der Waals surface area contributed by atoms with E-state index in [9.17, 15) is 10.1 Å². The summed E-state index contributed by atoms with van der Waals surface area (Å²) in [6.07, 6.45) is 0.241. The predicted octanol–water partition coefficient (Wildman–Crippen LogP) is 2.33. The second-order valence-corrected chi connectivity index (χ2v) is 3.09. The van der Waals surface area contributed by atoms with Crippen molar-refractivity contribution in [2.45, 2.75) is 12.5 Å². The molecule has 0 amide bonds. The zero-order valence-electron chi connectivity index (χ0n) is 8.35. The number of nitro groups is 1. The van der Waals surface area contributed by atoms with Gasteiger partial charge in [0.2, 0.25) is 0 Å². The second kappa shape index (κ2) is 5.69. The van der Waals surface area contributed by atoms with Crippen molar-refractivity contribution in [3.8, 4) is 0 Å². The summed E-state index contributed by atoms with van der Waals surface area (Å²) in [5.74, 6) is 0. The van der Waals surface area contributed by atoms with E-state index in [0.717, 1.165) is 0 Å². The first-order valence-electron chi connectivity index (χ1n) is 4.58. The Kier molecular flexibility index (Phi) is 4.26.